The first-order valence-electron chi connectivity index (χ1n) is 5.47. The van der Waals surface area contributed by atoms with Gasteiger partial charge in [0.2, 0.25) is 0 Å². The Morgan fingerprint density at radius 2 is 1.92 bits per heavy atom. The fraction of sp³-hybridized carbons (Fsp3) is 1.00. The average molecular weight is 185 g/mol. The number of rotatable bonds is 3. The highest BCUT2D eigenvalue weighted by atomic mass is 16.5. The molecule has 0 spiro atoms. The van der Waals surface area contributed by atoms with Crippen molar-refractivity contribution >= 4 is 0 Å². The topological polar surface area (TPSA) is 12.5 Å². The van der Waals surface area contributed by atoms with Gasteiger partial charge in [0.15, 0.2) is 0 Å². The van der Waals surface area contributed by atoms with Gasteiger partial charge in [-0.25, -0.2) is 0 Å². The molecule has 2 nitrogen and oxygen atoms in total. The van der Waals surface area contributed by atoms with Crippen molar-refractivity contribution in [2.45, 2.75) is 52.2 Å². The molecule has 0 amide bonds. The number of hydrogen-bond donors (Lipinski definition) is 0. The highest BCUT2D eigenvalue weighted by Gasteiger charge is 2.30. The molecule has 0 aromatic rings. The zero-order valence-corrected chi connectivity index (χ0v) is 9.47. The summed E-state index contributed by atoms with van der Waals surface area (Å²) in [6.45, 7) is 12.1. The summed E-state index contributed by atoms with van der Waals surface area (Å²) in [6, 6.07) is 0.735. The van der Waals surface area contributed by atoms with E-state index in [4.69, 9.17) is 4.74 Å². The van der Waals surface area contributed by atoms with E-state index in [1.54, 1.807) is 0 Å². The molecule has 0 aromatic heterocycles. The maximum absolute atomic E-state index is 5.71. The minimum Gasteiger partial charge on any atom is -0.375 e. The van der Waals surface area contributed by atoms with Crippen LogP contribution < -0.4 is 0 Å². The maximum Gasteiger partial charge on any atom is 0.0641 e. The van der Waals surface area contributed by atoms with Gasteiger partial charge in [-0.2, -0.15) is 0 Å². The summed E-state index contributed by atoms with van der Waals surface area (Å²) in [7, 11) is 0. The highest BCUT2D eigenvalue weighted by molar-refractivity contribution is 4.84. The van der Waals surface area contributed by atoms with Crippen molar-refractivity contribution in [3.63, 3.8) is 0 Å². The Morgan fingerprint density at radius 1 is 1.31 bits per heavy atom. The maximum atomic E-state index is 5.71. The minimum atomic E-state index is 0.0888. The molecule has 0 radical (unpaired) electrons. The lowest BCUT2D eigenvalue weighted by atomic mass is 9.93. The van der Waals surface area contributed by atoms with Crippen LogP contribution in [0.2, 0.25) is 0 Å². The molecule has 1 fully saturated rings. The summed E-state index contributed by atoms with van der Waals surface area (Å²) in [5.41, 5.74) is 0.0888. The second kappa shape index (κ2) is 4.43. The molecule has 1 atom stereocenters. The van der Waals surface area contributed by atoms with E-state index < -0.39 is 0 Å². The van der Waals surface area contributed by atoms with Gasteiger partial charge in [-0.05, 0) is 39.8 Å². The minimum absolute atomic E-state index is 0.0888. The summed E-state index contributed by atoms with van der Waals surface area (Å²) in [5, 5.41) is 0. The van der Waals surface area contributed by atoms with Crippen LogP contribution in [0.25, 0.3) is 0 Å². The second-order valence-electron chi connectivity index (χ2n) is 4.48. The molecule has 0 N–H and O–H groups in total. The van der Waals surface area contributed by atoms with Crippen LogP contribution in [0.4, 0.5) is 0 Å². The average Bonchev–Trinajstić information content (AvgIpc) is 2.05. The van der Waals surface area contributed by atoms with Crippen LogP contribution in [0.3, 0.4) is 0 Å². The zero-order valence-electron chi connectivity index (χ0n) is 9.47. The highest BCUT2D eigenvalue weighted by Crippen LogP contribution is 2.26. The van der Waals surface area contributed by atoms with Gasteiger partial charge in [0, 0.05) is 12.6 Å². The van der Waals surface area contributed by atoms with E-state index >= 15 is 0 Å². The predicted octanol–water partition coefficient (Wildman–Crippen LogP) is 2.29. The van der Waals surface area contributed by atoms with Crippen LogP contribution in [-0.2, 0) is 4.74 Å². The quantitative estimate of drug-likeness (QED) is 0.669. The van der Waals surface area contributed by atoms with Crippen LogP contribution in [-0.4, -0.2) is 36.2 Å². The lowest BCUT2D eigenvalue weighted by Crippen LogP contribution is -2.45. The fourth-order valence-electron chi connectivity index (χ4n) is 2.25. The number of nitrogens with zero attached hydrogens (tertiary/aromatic N) is 1. The predicted molar refractivity (Wildman–Crippen MR) is 56.0 cm³/mol. The van der Waals surface area contributed by atoms with Crippen molar-refractivity contribution in [1.29, 1.82) is 0 Å². The van der Waals surface area contributed by atoms with Gasteiger partial charge in [-0.15, -0.1) is 0 Å². The monoisotopic (exact) mass is 185 g/mol. The van der Waals surface area contributed by atoms with Crippen molar-refractivity contribution in [1.82, 2.24) is 4.90 Å². The van der Waals surface area contributed by atoms with Gasteiger partial charge < -0.3 is 9.64 Å². The third kappa shape index (κ3) is 2.96. The Bertz CT molecular complexity index is 152. The molecular formula is C11H23NO. The summed E-state index contributed by atoms with van der Waals surface area (Å²) >= 11 is 0. The van der Waals surface area contributed by atoms with Crippen molar-refractivity contribution in [3.05, 3.63) is 0 Å². The van der Waals surface area contributed by atoms with E-state index in [2.05, 4.69) is 32.6 Å². The van der Waals surface area contributed by atoms with Crippen molar-refractivity contribution in [3.8, 4) is 0 Å². The SMILES string of the molecule is CCN(CC)C1CCOC(C)(C)C1. The van der Waals surface area contributed by atoms with Crippen molar-refractivity contribution in [2.24, 2.45) is 0 Å². The third-order valence-corrected chi connectivity index (χ3v) is 3.00. The molecule has 1 aliphatic heterocycles. The van der Waals surface area contributed by atoms with Crippen molar-refractivity contribution < 1.29 is 4.74 Å². The van der Waals surface area contributed by atoms with Crippen LogP contribution >= 0.6 is 0 Å². The molecule has 2 heteroatoms. The van der Waals surface area contributed by atoms with Gasteiger partial charge >= 0.3 is 0 Å². The fourth-order valence-corrected chi connectivity index (χ4v) is 2.25. The van der Waals surface area contributed by atoms with Crippen LogP contribution in [0.1, 0.15) is 40.5 Å². The van der Waals surface area contributed by atoms with E-state index in [1.807, 2.05) is 0 Å². The summed E-state index contributed by atoms with van der Waals surface area (Å²) in [6.07, 6.45) is 2.37. The first-order valence-corrected chi connectivity index (χ1v) is 5.47. The van der Waals surface area contributed by atoms with Crippen LogP contribution in [0, 0.1) is 0 Å². The van der Waals surface area contributed by atoms with E-state index in [-0.39, 0.29) is 5.60 Å². The zero-order chi connectivity index (χ0) is 9.90. The molecule has 1 saturated heterocycles. The van der Waals surface area contributed by atoms with Crippen LogP contribution in [0.5, 0.6) is 0 Å². The molecule has 1 heterocycles. The molecule has 1 unspecified atom stereocenters. The van der Waals surface area contributed by atoms with E-state index in [0.717, 1.165) is 25.7 Å². The van der Waals surface area contributed by atoms with Gasteiger partial charge in [-0.3, -0.25) is 0 Å². The Hall–Kier alpha value is -0.0800. The van der Waals surface area contributed by atoms with Gasteiger partial charge in [0.05, 0.1) is 5.60 Å². The normalized spacial score (nSPS) is 27.9. The molecule has 0 aromatic carbocycles. The largest absolute Gasteiger partial charge is 0.375 e. The molecule has 1 aliphatic rings. The Labute approximate surface area is 82.3 Å². The molecule has 0 bridgehead atoms. The second-order valence-corrected chi connectivity index (χ2v) is 4.48. The lowest BCUT2D eigenvalue weighted by molar-refractivity contribution is -0.0819. The van der Waals surface area contributed by atoms with Crippen LogP contribution in [0.15, 0.2) is 0 Å². The van der Waals surface area contributed by atoms with E-state index in [0.29, 0.717) is 0 Å². The first-order chi connectivity index (χ1) is 6.09. The van der Waals surface area contributed by atoms with Crippen molar-refractivity contribution in [2.75, 3.05) is 19.7 Å². The number of ether oxygens (including phenoxy) is 1. The van der Waals surface area contributed by atoms with Gasteiger partial charge in [0.25, 0.3) is 0 Å². The molecule has 0 aliphatic carbocycles. The van der Waals surface area contributed by atoms with E-state index in [9.17, 15) is 0 Å². The van der Waals surface area contributed by atoms with Gasteiger partial charge in [-0.1, -0.05) is 13.8 Å². The Morgan fingerprint density at radius 3 is 2.38 bits per heavy atom. The third-order valence-electron chi connectivity index (χ3n) is 3.00. The summed E-state index contributed by atoms with van der Waals surface area (Å²) < 4.78 is 5.71. The smallest absolute Gasteiger partial charge is 0.0641 e. The molecule has 13 heavy (non-hydrogen) atoms. The first kappa shape index (κ1) is 11.0. The molecule has 78 valence electrons. The number of hydrogen-bond acceptors (Lipinski definition) is 2. The molecular weight excluding hydrogens is 162 g/mol. The summed E-state index contributed by atoms with van der Waals surface area (Å²) in [4.78, 5) is 2.55. The Kier molecular flexibility index (Phi) is 3.74. The molecule has 1 rings (SSSR count). The molecule has 0 saturated carbocycles. The Balaban J connectivity index is 2.50. The standard InChI is InChI=1S/C11H23NO/c1-5-12(6-2)10-7-8-13-11(3,4)9-10/h10H,5-9H2,1-4H3. The van der Waals surface area contributed by atoms with Gasteiger partial charge in [0.1, 0.15) is 0 Å². The lowest BCUT2D eigenvalue weighted by Gasteiger charge is -2.40. The van der Waals surface area contributed by atoms with E-state index in [1.165, 1.54) is 12.8 Å². The summed E-state index contributed by atoms with van der Waals surface area (Å²) in [5.74, 6) is 0.